The van der Waals surface area contributed by atoms with Gasteiger partial charge >= 0.3 is 0 Å². The second kappa shape index (κ2) is 4.88. The van der Waals surface area contributed by atoms with Gasteiger partial charge in [0, 0.05) is 6.07 Å². The number of rotatable bonds is 4. The Balaban J connectivity index is 2.30. The zero-order valence-electron chi connectivity index (χ0n) is 9.32. The molecule has 2 aromatic rings. The first-order chi connectivity index (χ1) is 8.60. The highest BCUT2D eigenvalue weighted by molar-refractivity contribution is 7.17. The number of nitro benzene ring substituents is 1. The number of nitrogen functional groups attached to an aromatic ring is 1. The second-order valence-corrected chi connectivity index (χ2v) is 4.24. The first kappa shape index (κ1) is 12.1. The van der Waals surface area contributed by atoms with E-state index in [0.717, 1.165) is 0 Å². The third-order valence-electron chi connectivity index (χ3n) is 2.07. The molecule has 0 fully saturated rings. The number of nitrogens with two attached hydrogens (primary N) is 1. The highest BCUT2D eigenvalue weighted by atomic mass is 32.1. The van der Waals surface area contributed by atoms with Crippen molar-refractivity contribution in [3.05, 3.63) is 34.5 Å². The van der Waals surface area contributed by atoms with Crippen LogP contribution in [0.25, 0.3) is 0 Å². The molecule has 94 valence electrons. The number of aromatic nitrogens is 1. The fraction of sp³-hybridized carbons (Fsp3) is 0.100. The summed E-state index contributed by atoms with van der Waals surface area (Å²) in [6.07, 6.45) is 1.47. The molecule has 0 aliphatic rings. The molecule has 18 heavy (non-hydrogen) atoms. The average molecular weight is 267 g/mol. The summed E-state index contributed by atoms with van der Waals surface area (Å²) in [6, 6.07) is 4.09. The standard InChI is InChI=1S/C10H9N3O4S/c1-16-8-4-6(13(14)15)2-3-7(8)17-9-5-12-10(11)18-9/h2-5H,1H3,(H2,11,12). The van der Waals surface area contributed by atoms with Gasteiger partial charge in [-0.15, -0.1) is 0 Å². The smallest absolute Gasteiger partial charge is 0.273 e. The van der Waals surface area contributed by atoms with Gasteiger partial charge in [0.05, 0.1) is 24.3 Å². The van der Waals surface area contributed by atoms with Crippen molar-refractivity contribution >= 4 is 22.2 Å². The van der Waals surface area contributed by atoms with E-state index >= 15 is 0 Å². The van der Waals surface area contributed by atoms with Gasteiger partial charge in [-0.25, -0.2) is 4.98 Å². The van der Waals surface area contributed by atoms with Crippen molar-refractivity contribution in [3.8, 4) is 16.6 Å². The third-order valence-corrected chi connectivity index (χ3v) is 2.78. The van der Waals surface area contributed by atoms with Crippen molar-refractivity contribution in [3.63, 3.8) is 0 Å². The molecule has 0 aliphatic heterocycles. The predicted molar refractivity (Wildman–Crippen MR) is 66.2 cm³/mol. The van der Waals surface area contributed by atoms with Crippen LogP contribution < -0.4 is 15.2 Å². The molecular weight excluding hydrogens is 258 g/mol. The Morgan fingerprint density at radius 3 is 2.78 bits per heavy atom. The molecule has 0 atom stereocenters. The number of nitro groups is 1. The zero-order valence-corrected chi connectivity index (χ0v) is 10.1. The summed E-state index contributed by atoms with van der Waals surface area (Å²) in [6.45, 7) is 0. The Morgan fingerprint density at radius 1 is 1.44 bits per heavy atom. The summed E-state index contributed by atoms with van der Waals surface area (Å²) in [5.41, 5.74) is 5.41. The summed E-state index contributed by atoms with van der Waals surface area (Å²) in [7, 11) is 1.41. The van der Waals surface area contributed by atoms with E-state index < -0.39 is 4.92 Å². The Labute approximate surface area is 106 Å². The molecule has 1 aromatic carbocycles. The van der Waals surface area contributed by atoms with Crippen LogP contribution in [0.15, 0.2) is 24.4 Å². The molecule has 0 saturated carbocycles. The maximum absolute atomic E-state index is 10.6. The number of thiazole rings is 1. The number of methoxy groups -OCH3 is 1. The molecule has 0 bridgehead atoms. The van der Waals surface area contributed by atoms with Crippen molar-refractivity contribution in [2.75, 3.05) is 12.8 Å². The molecule has 8 heteroatoms. The van der Waals surface area contributed by atoms with E-state index in [0.29, 0.717) is 15.9 Å². The van der Waals surface area contributed by atoms with Crippen molar-refractivity contribution in [1.29, 1.82) is 0 Å². The van der Waals surface area contributed by atoms with Crippen LogP contribution in [0.3, 0.4) is 0 Å². The lowest BCUT2D eigenvalue weighted by atomic mass is 10.3. The van der Waals surface area contributed by atoms with E-state index in [9.17, 15) is 10.1 Å². The maximum Gasteiger partial charge on any atom is 0.273 e. The van der Waals surface area contributed by atoms with Crippen molar-refractivity contribution in [2.24, 2.45) is 0 Å². The van der Waals surface area contributed by atoms with Gasteiger partial charge in [0.15, 0.2) is 16.6 Å². The Hall–Kier alpha value is -2.35. The van der Waals surface area contributed by atoms with E-state index in [4.69, 9.17) is 15.2 Å². The lowest BCUT2D eigenvalue weighted by Gasteiger charge is -2.07. The topological polar surface area (TPSA) is 101 Å². The zero-order chi connectivity index (χ0) is 13.1. The Kier molecular flexibility index (Phi) is 3.28. The molecule has 1 aromatic heterocycles. The normalized spacial score (nSPS) is 10.1. The van der Waals surface area contributed by atoms with Gasteiger partial charge in [0.1, 0.15) is 0 Å². The third kappa shape index (κ3) is 2.48. The number of anilines is 1. The van der Waals surface area contributed by atoms with E-state index in [1.54, 1.807) is 0 Å². The Bertz CT molecular complexity index is 584. The van der Waals surface area contributed by atoms with Crippen molar-refractivity contribution < 1.29 is 14.4 Å². The molecule has 0 amide bonds. The lowest BCUT2D eigenvalue weighted by molar-refractivity contribution is -0.384. The van der Waals surface area contributed by atoms with E-state index in [1.165, 1.54) is 42.8 Å². The fourth-order valence-electron chi connectivity index (χ4n) is 1.28. The molecule has 1 heterocycles. The van der Waals surface area contributed by atoms with Crippen LogP contribution in [-0.4, -0.2) is 17.0 Å². The number of hydrogen-bond acceptors (Lipinski definition) is 7. The molecule has 0 spiro atoms. The summed E-state index contributed by atoms with van der Waals surface area (Å²) in [5.74, 6) is 0.642. The van der Waals surface area contributed by atoms with Gasteiger partial charge in [-0.05, 0) is 6.07 Å². The van der Waals surface area contributed by atoms with Gasteiger partial charge in [-0.2, -0.15) is 0 Å². The average Bonchev–Trinajstić information content (AvgIpc) is 2.75. The van der Waals surface area contributed by atoms with Crippen molar-refractivity contribution in [2.45, 2.75) is 0 Å². The SMILES string of the molecule is COc1cc([N+](=O)[O-])ccc1Oc1cnc(N)s1. The predicted octanol–water partition coefficient (Wildman–Crippen LogP) is 2.43. The van der Waals surface area contributed by atoms with Gasteiger partial charge in [0.25, 0.3) is 5.69 Å². The maximum atomic E-state index is 10.6. The van der Waals surface area contributed by atoms with Crippen LogP contribution in [0.4, 0.5) is 10.8 Å². The molecule has 0 radical (unpaired) electrons. The van der Waals surface area contributed by atoms with Crippen LogP contribution in [0.1, 0.15) is 0 Å². The largest absolute Gasteiger partial charge is 0.493 e. The van der Waals surface area contributed by atoms with E-state index in [1.807, 2.05) is 0 Å². The number of non-ortho nitro benzene ring substituents is 1. The number of hydrogen-bond donors (Lipinski definition) is 1. The molecule has 2 rings (SSSR count). The highest BCUT2D eigenvalue weighted by Gasteiger charge is 2.13. The minimum atomic E-state index is -0.503. The first-order valence-electron chi connectivity index (χ1n) is 4.81. The quantitative estimate of drug-likeness (QED) is 0.674. The van der Waals surface area contributed by atoms with Gasteiger partial charge in [-0.1, -0.05) is 11.3 Å². The molecule has 0 unspecified atom stereocenters. The van der Waals surface area contributed by atoms with E-state index in [2.05, 4.69) is 4.98 Å². The summed E-state index contributed by atoms with van der Waals surface area (Å²) >= 11 is 1.17. The molecular formula is C10H9N3O4S. The minimum absolute atomic E-state index is 0.0666. The van der Waals surface area contributed by atoms with Crippen LogP contribution in [0.5, 0.6) is 16.6 Å². The molecule has 2 N–H and O–H groups in total. The summed E-state index contributed by atoms with van der Waals surface area (Å²) in [4.78, 5) is 14.0. The van der Waals surface area contributed by atoms with Crippen LogP contribution in [0, 0.1) is 10.1 Å². The van der Waals surface area contributed by atoms with Crippen molar-refractivity contribution in [1.82, 2.24) is 4.98 Å². The monoisotopic (exact) mass is 267 g/mol. The summed E-state index contributed by atoms with van der Waals surface area (Å²) < 4.78 is 10.5. The van der Waals surface area contributed by atoms with Gasteiger partial charge in [-0.3, -0.25) is 10.1 Å². The minimum Gasteiger partial charge on any atom is -0.493 e. The van der Waals surface area contributed by atoms with Gasteiger partial charge < -0.3 is 15.2 Å². The summed E-state index contributed by atoms with van der Waals surface area (Å²) in [5, 5.41) is 11.5. The molecule has 7 nitrogen and oxygen atoms in total. The second-order valence-electron chi connectivity index (χ2n) is 3.21. The van der Waals surface area contributed by atoms with E-state index in [-0.39, 0.29) is 11.4 Å². The van der Waals surface area contributed by atoms with Crippen LogP contribution in [0.2, 0.25) is 0 Å². The highest BCUT2D eigenvalue weighted by Crippen LogP contribution is 2.36. The molecule has 0 aliphatic carbocycles. The number of benzene rings is 1. The molecule has 0 saturated heterocycles. The lowest BCUT2D eigenvalue weighted by Crippen LogP contribution is -1.92. The van der Waals surface area contributed by atoms with Crippen LogP contribution in [-0.2, 0) is 0 Å². The van der Waals surface area contributed by atoms with Gasteiger partial charge in [0.2, 0.25) is 5.06 Å². The number of nitrogens with zero attached hydrogens (tertiary/aromatic N) is 2. The Morgan fingerprint density at radius 2 is 2.22 bits per heavy atom. The van der Waals surface area contributed by atoms with Crippen LogP contribution >= 0.6 is 11.3 Å². The first-order valence-corrected chi connectivity index (χ1v) is 5.63. The number of ether oxygens (including phenoxy) is 2. The fourth-order valence-corrected chi connectivity index (χ4v) is 1.83.